The van der Waals surface area contributed by atoms with Crippen LogP contribution in [0.4, 0.5) is 10.5 Å². The topological polar surface area (TPSA) is 119 Å². The summed E-state index contributed by atoms with van der Waals surface area (Å²) in [4.78, 5) is 35.1. The van der Waals surface area contributed by atoms with Crippen molar-refractivity contribution in [3.05, 3.63) is 63.7 Å². The van der Waals surface area contributed by atoms with Crippen LogP contribution in [0.3, 0.4) is 0 Å². The van der Waals surface area contributed by atoms with E-state index in [1.165, 1.54) is 11.8 Å². The van der Waals surface area contributed by atoms with E-state index < -0.39 is 29.4 Å². The number of nitrogens with zero attached hydrogens (tertiary/aromatic N) is 1. The Kier molecular flexibility index (Phi) is 8.02. The fourth-order valence-electron chi connectivity index (χ4n) is 2.66. The Hall–Kier alpha value is -3.07. The highest BCUT2D eigenvalue weighted by atomic mass is 32.2. The third kappa shape index (κ3) is 6.49. The zero-order valence-corrected chi connectivity index (χ0v) is 16.9. The lowest BCUT2D eigenvalue weighted by Gasteiger charge is -2.16. The third-order valence-corrected chi connectivity index (χ3v) is 5.25. The van der Waals surface area contributed by atoms with E-state index in [0.29, 0.717) is 12.0 Å². The van der Waals surface area contributed by atoms with Gasteiger partial charge in [0, 0.05) is 27.3 Å². The molecule has 2 N–H and O–H groups in total. The Morgan fingerprint density at radius 3 is 2.55 bits per heavy atom. The molecular weight excluding hydrogens is 396 g/mol. The van der Waals surface area contributed by atoms with Crippen molar-refractivity contribution >= 4 is 29.5 Å². The zero-order valence-electron chi connectivity index (χ0n) is 16.1. The molecule has 9 heteroatoms. The Balaban J connectivity index is 2.25. The number of hydrogen-bond donors (Lipinski definition) is 2. The van der Waals surface area contributed by atoms with Crippen molar-refractivity contribution in [2.75, 3.05) is 13.2 Å². The molecule has 0 aliphatic carbocycles. The molecule has 2 aromatic carbocycles. The van der Waals surface area contributed by atoms with E-state index in [-0.39, 0.29) is 12.3 Å². The fourth-order valence-corrected chi connectivity index (χ4v) is 3.72. The third-order valence-electron chi connectivity index (χ3n) is 4.14. The van der Waals surface area contributed by atoms with Gasteiger partial charge in [0.25, 0.3) is 5.69 Å². The summed E-state index contributed by atoms with van der Waals surface area (Å²) >= 11 is 1.52. The molecule has 0 heterocycles. The Morgan fingerprint density at radius 2 is 1.97 bits per heavy atom. The van der Waals surface area contributed by atoms with Gasteiger partial charge < -0.3 is 15.2 Å². The number of amides is 1. The number of ether oxygens (including phenoxy) is 1. The van der Waals surface area contributed by atoms with Crippen LogP contribution in [-0.4, -0.2) is 35.2 Å². The number of carboxylic acid groups (broad SMARTS) is 1. The highest BCUT2D eigenvalue weighted by Gasteiger charge is 2.23. The minimum absolute atomic E-state index is 0.0266. The van der Waals surface area contributed by atoms with Gasteiger partial charge in [-0.15, -0.1) is 0 Å². The highest BCUT2D eigenvalue weighted by Crippen LogP contribution is 2.37. The normalized spacial score (nSPS) is 11.5. The Morgan fingerprint density at radius 1 is 1.28 bits per heavy atom. The molecule has 0 spiro atoms. The summed E-state index contributed by atoms with van der Waals surface area (Å²) in [6.07, 6.45) is -0.246. The van der Waals surface area contributed by atoms with Crippen molar-refractivity contribution in [1.82, 2.24) is 5.32 Å². The van der Waals surface area contributed by atoms with Gasteiger partial charge in [0.05, 0.1) is 4.92 Å². The first-order chi connectivity index (χ1) is 13.8. The lowest BCUT2D eigenvalue weighted by atomic mass is 9.97. The van der Waals surface area contributed by atoms with Crippen molar-refractivity contribution in [3.8, 4) is 0 Å². The summed E-state index contributed by atoms with van der Waals surface area (Å²) in [6, 6.07) is 13.0. The molecule has 2 rings (SSSR count). The molecule has 1 atom stereocenters. The first kappa shape index (κ1) is 22.2. The van der Waals surface area contributed by atoms with Crippen LogP contribution in [0.1, 0.15) is 30.9 Å². The van der Waals surface area contributed by atoms with E-state index in [2.05, 4.69) is 5.32 Å². The molecule has 0 fully saturated rings. The van der Waals surface area contributed by atoms with E-state index in [9.17, 15) is 19.7 Å². The minimum Gasteiger partial charge on any atom is -0.480 e. The first-order valence-electron chi connectivity index (χ1n) is 8.98. The molecule has 1 unspecified atom stereocenters. The number of benzene rings is 2. The number of aliphatic carboxylic acids is 1. The molecule has 2 aromatic rings. The van der Waals surface area contributed by atoms with Crippen LogP contribution in [0.2, 0.25) is 0 Å². The van der Waals surface area contributed by atoms with Crippen molar-refractivity contribution in [3.63, 3.8) is 0 Å². The van der Waals surface area contributed by atoms with Crippen molar-refractivity contribution < 1.29 is 24.4 Å². The first-order valence-corrected chi connectivity index (χ1v) is 9.80. The average molecular weight is 418 g/mol. The maximum atomic E-state index is 11.6. The second-order valence-corrected chi connectivity index (χ2v) is 7.41. The molecule has 154 valence electrons. The van der Waals surface area contributed by atoms with Gasteiger partial charge in [0.15, 0.2) is 0 Å². The molecule has 0 bridgehead atoms. The minimum atomic E-state index is -1.19. The van der Waals surface area contributed by atoms with Gasteiger partial charge in [0.2, 0.25) is 0 Å². The van der Waals surface area contributed by atoms with Crippen LogP contribution in [0.15, 0.2) is 52.3 Å². The number of carboxylic acids is 1. The van der Waals surface area contributed by atoms with E-state index in [1.807, 2.05) is 37.3 Å². The molecule has 0 radical (unpaired) electrons. The molecular formula is C20H22N2O6S. The van der Waals surface area contributed by atoms with Crippen LogP contribution in [-0.2, 0) is 16.0 Å². The maximum Gasteiger partial charge on any atom is 0.407 e. The molecule has 0 aliphatic heterocycles. The summed E-state index contributed by atoms with van der Waals surface area (Å²) < 4.78 is 5.02. The molecule has 8 nitrogen and oxygen atoms in total. The molecule has 0 saturated heterocycles. The average Bonchev–Trinajstić information content (AvgIpc) is 2.70. The molecule has 0 saturated carbocycles. The molecule has 0 aliphatic rings. The lowest BCUT2D eigenvalue weighted by Crippen LogP contribution is -2.30. The number of nitro groups is 1. The highest BCUT2D eigenvalue weighted by molar-refractivity contribution is 7.99. The Bertz CT molecular complexity index is 888. The Labute approximate surface area is 172 Å². The number of nitrogens with one attached hydrogen (secondary N) is 1. The van der Waals surface area contributed by atoms with Gasteiger partial charge in [-0.2, -0.15) is 0 Å². The van der Waals surface area contributed by atoms with Crippen molar-refractivity contribution in [2.24, 2.45) is 0 Å². The van der Waals surface area contributed by atoms with E-state index in [0.717, 1.165) is 15.4 Å². The zero-order chi connectivity index (χ0) is 21.4. The van der Waals surface area contributed by atoms with E-state index >= 15 is 0 Å². The number of rotatable bonds is 9. The quantitative estimate of drug-likeness (QED) is 0.462. The standard InChI is InChI=1S/C20H22N2O6S/c1-3-14-9-17(22(26)27)16(10-18(14)29-15-7-5-4-6-8-15)13(2)12-28-20(25)21-11-19(23)24/h4-10,13H,3,11-12H2,1-2H3,(H,21,25)(H,23,24). The number of nitro benzene ring substituents is 1. The summed E-state index contributed by atoms with van der Waals surface area (Å²) in [5, 5.41) is 22.3. The van der Waals surface area contributed by atoms with Crippen LogP contribution in [0, 0.1) is 10.1 Å². The van der Waals surface area contributed by atoms with Gasteiger partial charge in [-0.3, -0.25) is 14.9 Å². The second-order valence-electron chi connectivity index (χ2n) is 6.29. The summed E-state index contributed by atoms with van der Waals surface area (Å²) in [5.74, 6) is -1.64. The van der Waals surface area contributed by atoms with Crippen molar-refractivity contribution in [2.45, 2.75) is 36.0 Å². The van der Waals surface area contributed by atoms with Gasteiger partial charge in [-0.1, -0.05) is 43.8 Å². The number of aryl methyl sites for hydroxylation is 1. The van der Waals surface area contributed by atoms with Crippen molar-refractivity contribution in [1.29, 1.82) is 0 Å². The van der Waals surface area contributed by atoms with Crippen LogP contribution in [0.25, 0.3) is 0 Å². The summed E-state index contributed by atoms with van der Waals surface area (Å²) in [6.45, 7) is 2.98. The van der Waals surface area contributed by atoms with E-state index in [1.54, 1.807) is 19.1 Å². The smallest absolute Gasteiger partial charge is 0.407 e. The SMILES string of the molecule is CCc1cc([N+](=O)[O-])c(C(C)COC(=O)NCC(=O)O)cc1Sc1ccccc1. The van der Waals surface area contributed by atoms with Gasteiger partial charge >= 0.3 is 12.1 Å². The molecule has 1 amide bonds. The second kappa shape index (κ2) is 10.5. The predicted molar refractivity (Wildman–Crippen MR) is 108 cm³/mol. The van der Waals surface area contributed by atoms with Crippen LogP contribution < -0.4 is 5.32 Å². The predicted octanol–water partition coefficient (Wildman–Crippen LogP) is 4.22. The number of alkyl carbamates (subject to hydrolysis) is 1. The number of carbonyl (C=O) groups excluding carboxylic acids is 1. The number of hydrogen-bond acceptors (Lipinski definition) is 6. The monoisotopic (exact) mass is 418 g/mol. The van der Waals surface area contributed by atoms with Gasteiger partial charge in [0.1, 0.15) is 13.2 Å². The van der Waals surface area contributed by atoms with Crippen LogP contribution in [0.5, 0.6) is 0 Å². The summed E-state index contributed by atoms with van der Waals surface area (Å²) in [5.41, 5.74) is 1.29. The molecule has 29 heavy (non-hydrogen) atoms. The maximum absolute atomic E-state index is 11.6. The van der Waals surface area contributed by atoms with Crippen LogP contribution >= 0.6 is 11.8 Å². The van der Waals surface area contributed by atoms with Gasteiger partial charge in [-0.25, -0.2) is 4.79 Å². The lowest BCUT2D eigenvalue weighted by molar-refractivity contribution is -0.385. The largest absolute Gasteiger partial charge is 0.480 e. The van der Waals surface area contributed by atoms with E-state index in [4.69, 9.17) is 9.84 Å². The van der Waals surface area contributed by atoms with Gasteiger partial charge in [-0.05, 0) is 30.2 Å². The number of carbonyl (C=O) groups is 2. The summed E-state index contributed by atoms with van der Waals surface area (Å²) in [7, 11) is 0. The fraction of sp³-hybridized carbons (Fsp3) is 0.300. The molecule has 0 aromatic heterocycles.